The number of benzene rings is 1. The Morgan fingerprint density at radius 2 is 2.17 bits per heavy atom. The Balaban J connectivity index is 2.56. The summed E-state index contributed by atoms with van der Waals surface area (Å²) >= 11 is 5.96. The summed E-state index contributed by atoms with van der Waals surface area (Å²) in [6, 6.07) is 4.46. The number of hydrogen-bond donors (Lipinski definition) is 0. The highest BCUT2D eigenvalue weighted by Gasteiger charge is 2.15. The molecule has 0 radical (unpaired) electrons. The lowest BCUT2D eigenvalue weighted by molar-refractivity contribution is 0.413. The van der Waals surface area contributed by atoms with E-state index in [9.17, 15) is 4.39 Å². The lowest BCUT2D eigenvalue weighted by Crippen LogP contribution is -2.04. The second-order valence-electron chi connectivity index (χ2n) is 3.79. The molecular weight excluding hydrogens is 257 g/mol. The van der Waals surface area contributed by atoms with Crippen LogP contribution in [0.25, 0.3) is 5.69 Å². The van der Waals surface area contributed by atoms with E-state index < -0.39 is 5.82 Å². The van der Waals surface area contributed by atoms with Crippen LogP contribution in [0.4, 0.5) is 4.39 Å². The van der Waals surface area contributed by atoms with E-state index in [2.05, 4.69) is 10.2 Å². The predicted molar refractivity (Wildman–Crippen MR) is 66.9 cm³/mol. The maximum atomic E-state index is 13.9. The topological polar surface area (TPSA) is 39.9 Å². The van der Waals surface area contributed by atoms with Gasteiger partial charge in [0.05, 0.1) is 12.8 Å². The van der Waals surface area contributed by atoms with Gasteiger partial charge in [0.25, 0.3) is 0 Å². The van der Waals surface area contributed by atoms with E-state index in [4.69, 9.17) is 16.3 Å². The van der Waals surface area contributed by atoms with Crippen LogP contribution in [0.1, 0.15) is 19.2 Å². The Hall–Kier alpha value is -1.62. The normalized spacial score (nSPS) is 10.7. The molecule has 0 saturated heterocycles. The summed E-state index contributed by atoms with van der Waals surface area (Å²) in [5.74, 6) is 0.795. The molecule has 0 aliphatic heterocycles. The number of aromatic nitrogens is 3. The molecule has 0 spiro atoms. The van der Waals surface area contributed by atoms with E-state index in [0.29, 0.717) is 23.7 Å². The van der Waals surface area contributed by atoms with Crippen molar-refractivity contribution in [1.29, 1.82) is 0 Å². The zero-order chi connectivity index (χ0) is 13.1. The first-order valence-corrected chi connectivity index (χ1v) is 5.99. The van der Waals surface area contributed by atoms with Gasteiger partial charge in [-0.2, -0.15) is 0 Å². The lowest BCUT2D eigenvalue weighted by Gasteiger charge is -2.10. The van der Waals surface area contributed by atoms with E-state index in [-0.39, 0.29) is 5.28 Å². The molecular formula is C12H13ClFN3O. The van der Waals surface area contributed by atoms with Gasteiger partial charge in [-0.05, 0) is 30.2 Å². The molecule has 0 atom stereocenters. The number of rotatable bonds is 4. The van der Waals surface area contributed by atoms with Crippen LogP contribution in [0.5, 0.6) is 5.75 Å². The van der Waals surface area contributed by atoms with Crippen LogP contribution in [0.15, 0.2) is 18.2 Å². The van der Waals surface area contributed by atoms with Crippen LogP contribution < -0.4 is 4.74 Å². The number of ether oxygens (including phenoxy) is 1. The molecule has 0 amide bonds. The number of methoxy groups -OCH3 is 1. The minimum atomic E-state index is -0.394. The Kier molecular flexibility index (Phi) is 3.81. The molecule has 0 aliphatic rings. The summed E-state index contributed by atoms with van der Waals surface area (Å²) < 4.78 is 20.5. The van der Waals surface area contributed by atoms with Crippen molar-refractivity contribution < 1.29 is 9.13 Å². The van der Waals surface area contributed by atoms with Crippen molar-refractivity contribution in [1.82, 2.24) is 14.8 Å². The van der Waals surface area contributed by atoms with E-state index in [0.717, 1.165) is 6.42 Å². The van der Waals surface area contributed by atoms with Crippen molar-refractivity contribution >= 4 is 11.6 Å². The highest BCUT2D eigenvalue weighted by molar-refractivity contribution is 6.28. The van der Waals surface area contributed by atoms with Crippen molar-refractivity contribution in [2.45, 2.75) is 19.8 Å². The third kappa shape index (κ3) is 2.31. The second kappa shape index (κ2) is 5.35. The first kappa shape index (κ1) is 12.8. The Morgan fingerprint density at radius 1 is 1.39 bits per heavy atom. The molecule has 0 aliphatic carbocycles. The van der Waals surface area contributed by atoms with Gasteiger partial charge in [-0.1, -0.05) is 6.92 Å². The van der Waals surface area contributed by atoms with Gasteiger partial charge in [-0.3, -0.25) is 4.57 Å². The Labute approximate surface area is 109 Å². The first-order chi connectivity index (χ1) is 8.67. The van der Waals surface area contributed by atoms with Gasteiger partial charge in [0, 0.05) is 12.5 Å². The molecule has 4 nitrogen and oxygen atoms in total. The third-order valence-corrected chi connectivity index (χ3v) is 2.80. The molecule has 18 heavy (non-hydrogen) atoms. The Morgan fingerprint density at radius 3 is 2.83 bits per heavy atom. The molecule has 1 aromatic heterocycles. The van der Waals surface area contributed by atoms with Crippen LogP contribution in [0, 0.1) is 5.82 Å². The zero-order valence-corrected chi connectivity index (χ0v) is 10.9. The smallest absolute Gasteiger partial charge is 0.229 e. The van der Waals surface area contributed by atoms with Crippen molar-refractivity contribution in [3.05, 3.63) is 35.1 Å². The standard InChI is InChI=1S/C12H13ClFN3O/c1-3-4-11-15-16-12(13)17(11)10-7-8(18-2)5-6-9(10)14/h5-7H,3-4H2,1-2H3. The monoisotopic (exact) mass is 269 g/mol. The first-order valence-electron chi connectivity index (χ1n) is 5.61. The van der Waals surface area contributed by atoms with Crippen LogP contribution in [-0.2, 0) is 6.42 Å². The van der Waals surface area contributed by atoms with Crippen LogP contribution in [0.2, 0.25) is 5.28 Å². The lowest BCUT2D eigenvalue weighted by atomic mass is 10.2. The quantitative estimate of drug-likeness (QED) is 0.857. The molecule has 6 heteroatoms. The highest BCUT2D eigenvalue weighted by Crippen LogP contribution is 2.24. The molecule has 0 fully saturated rings. The number of aryl methyl sites for hydroxylation is 1. The third-order valence-electron chi connectivity index (χ3n) is 2.56. The zero-order valence-electron chi connectivity index (χ0n) is 10.2. The maximum Gasteiger partial charge on any atom is 0.229 e. The molecule has 0 unspecified atom stereocenters. The number of hydrogen-bond acceptors (Lipinski definition) is 3. The summed E-state index contributed by atoms with van der Waals surface area (Å²) in [5, 5.41) is 7.88. The average molecular weight is 270 g/mol. The molecule has 1 heterocycles. The van der Waals surface area contributed by atoms with E-state index in [1.165, 1.54) is 17.7 Å². The molecule has 0 saturated carbocycles. The molecule has 2 aromatic rings. The summed E-state index contributed by atoms with van der Waals surface area (Å²) in [7, 11) is 1.53. The van der Waals surface area contributed by atoms with Gasteiger partial charge in [-0.15, -0.1) is 10.2 Å². The van der Waals surface area contributed by atoms with Crippen LogP contribution >= 0.6 is 11.6 Å². The molecule has 0 bridgehead atoms. The minimum absolute atomic E-state index is 0.144. The van der Waals surface area contributed by atoms with Gasteiger partial charge in [0.15, 0.2) is 0 Å². The van der Waals surface area contributed by atoms with Gasteiger partial charge in [0.2, 0.25) is 5.28 Å². The molecule has 2 rings (SSSR count). The second-order valence-corrected chi connectivity index (χ2v) is 4.13. The molecule has 0 N–H and O–H groups in total. The van der Waals surface area contributed by atoms with Crippen LogP contribution in [-0.4, -0.2) is 21.9 Å². The van der Waals surface area contributed by atoms with Gasteiger partial charge in [0.1, 0.15) is 17.4 Å². The predicted octanol–water partition coefficient (Wildman–Crippen LogP) is 3.02. The maximum absolute atomic E-state index is 13.9. The molecule has 1 aromatic carbocycles. The van der Waals surface area contributed by atoms with E-state index in [1.54, 1.807) is 12.1 Å². The van der Waals surface area contributed by atoms with E-state index in [1.807, 2.05) is 6.92 Å². The fourth-order valence-corrected chi connectivity index (χ4v) is 1.94. The van der Waals surface area contributed by atoms with Crippen molar-refractivity contribution in [2.75, 3.05) is 7.11 Å². The van der Waals surface area contributed by atoms with Gasteiger partial charge >= 0.3 is 0 Å². The summed E-state index contributed by atoms with van der Waals surface area (Å²) in [4.78, 5) is 0. The minimum Gasteiger partial charge on any atom is -0.497 e. The van der Waals surface area contributed by atoms with Crippen molar-refractivity contribution in [3.63, 3.8) is 0 Å². The van der Waals surface area contributed by atoms with Gasteiger partial charge < -0.3 is 4.74 Å². The van der Waals surface area contributed by atoms with Gasteiger partial charge in [-0.25, -0.2) is 4.39 Å². The average Bonchev–Trinajstić information content (AvgIpc) is 2.72. The van der Waals surface area contributed by atoms with Crippen molar-refractivity contribution in [2.24, 2.45) is 0 Å². The van der Waals surface area contributed by atoms with Crippen LogP contribution in [0.3, 0.4) is 0 Å². The number of halogens is 2. The summed E-state index contributed by atoms with van der Waals surface area (Å²) in [5.41, 5.74) is 0.299. The highest BCUT2D eigenvalue weighted by atomic mass is 35.5. The number of nitrogens with zero attached hydrogens (tertiary/aromatic N) is 3. The fourth-order valence-electron chi connectivity index (χ4n) is 1.71. The van der Waals surface area contributed by atoms with Crippen molar-refractivity contribution in [3.8, 4) is 11.4 Å². The largest absolute Gasteiger partial charge is 0.497 e. The SMILES string of the molecule is CCCc1nnc(Cl)n1-c1cc(OC)ccc1F. The fraction of sp³-hybridized carbons (Fsp3) is 0.333. The summed E-state index contributed by atoms with van der Waals surface area (Å²) in [6.45, 7) is 2.01. The Bertz CT molecular complexity index is 556. The molecule has 96 valence electrons. The summed E-state index contributed by atoms with van der Waals surface area (Å²) in [6.07, 6.45) is 1.55. The van der Waals surface area contributed by atoms with E-state index >= 15 is 0 Å².